The molecule has 1 aromatic carbocycles. The highest BCUT2D eigenvalue weighted by Crippen LogP contribution is 2.33. The fourth-order valence-corrected chi connectivity index (χ4v) is 3.24. The van der Waals surface area contributed by atoms with Crippen molar-refractivity contribution in [1.29, 1.82) is 0 Å². The number of amides is 1. The Morgan fingerprint density at radius 1 is 1.38 bits per heavy atom. The van der Waals surface area contributed by atoms with Crippen LogP contribution in [-0.4, -0.2) is 29.1 Å². The lowest BCUT2D eigenvalue weighted by Gasteiger charge is -2.39. The van der Waals surface area contributed by atoms with Gasteiger partial charge in [-0.05, 0) is 38.3 Å². The molecular weight excluding hydrogens is 313 g/mol. The summed E-state index contributed by atoms with van der Waals surface area (Å²) in [5.41, 5.74) is -0.701. The molecule has 0 heterocycles. The quantitative estimate of drug-likeness (QED) is 0.750. The molecule has 1 aliphatic rings. The third kappa shape index (κ3) is 4.69. The van der Waals surface area contributed by atoms with E-state index in [4.69, 9.17) is 4.74 Å². The summed E-state index contributed by atoms with van der Waals surface area (Å²) < 4.78 is 18.7. The molecule has 0 aliphatic heterocycles. The number of carbonyl (C=O) groups is 2. The van der Waals surface area contributed by atoms with Crippen LogP contribution in [0.15, 0.2) is 24.3 Å². The molecule has 2 rings (SSSR count). The van der Waals surface area contributed by atoms with E-state index in [1.165, 1.54) is 12.1 Å². The molecular formula is C18H24FNO4. The molecule has 0 bridgehead atoms. The van der Waals surface area contributed by atoms with Crippen LogP contribution in [0.3, 0.4) is 0 Å². The third-order valence-electron chi connectivity index (χ3n) is 4.57. The summed E-state index contributed by atoms with van der Waals surface area (Å²) in [7, 11) is 0. The van der Waals surface area contributed by atoms with Gasteiger partial charge in [-0.2, -0.15) is 0 Å². The van der Waals surface area contributed by atoms with Gasteiger partial charge < -0.3 is 15.2 Å². The Hall–Kier alpha value is -2.11. The van der Waals surface area contributed by atoms with Gasteiger partial charge in [-0.25, -0.2) is 4.39 Å². The lowest BCUT2D eigenvalue weighted by Crippen LogP contribution is -2.55. The molecule has 2 N–H and O–H groups in total. The number of halogens is 1. The normalized spacial score (nSPS) is 23.5. The SMILES string of the molecule is CC1(NC(=O)CCCOc2ccccc2F)CCCCC1C(=O)O. The van der Waals surface area contributed by atoms with Crippen molar-refractivity contribution in [3.8, 4) is 5.75 Å². The average molecular weight is 337 g/mol. The lowest BCUT2D eigenvalue weighted by atomic mass is 9.74. The molecule has 132 valence electrons. The molecule has 24 heavy (non-hydrogen) atoms. The van der Waals surface area contributed by atoms with Crippen molar-refractivity contribution in [2.45, 2.75) is 51.0 Å². The Balaban J connectivity index is 1.78. The van der Waals surface area contributed by atoms with Crippen molar-refractivity contribution in [2.24, 2.45) is 5.92 Å². The van der Waals surface area contributed by atoms with Gasteiger partial charge in [0, 0.05) is 6.42 Å². The van der Waals surface area contributed by atoms with E-state index in [-0.39, 0.29) is 24.7 Å². The van der Waals surface area contributed by atoms with Gasteiger partial charge in [0.2, 0.25) is 5.91 Å². The molecule has 0 aromatic heterocycles. The molecule has 2 atom stereocenters. The van der Waals surface area contributed by atoms with Crippen molar-refractivity contribution in [1.82, 2.24) is 5.32 Å². The first-order valence-corrected chi connectivity index (χ1v) is 8.33. The lowest BCUT2D eigenvalue weighted by molar-refractivity contribution is -0.146. The topological polar surface area (TPSA) is 75.6 Å². The van der Waals surface area contributed by atoms with Gasteiger partial charge >= 0.3 is 5.97 Å². The first-order chi connectivity index (χ1) is 11.4. The number of aliphatic carboxylic acids is 1. The number of hydrogen-bond donors (Lipinski definition) is 2. The van der Waals surface area contributed by atoms with Crippen molar-refractivity contribution >= 4 is 11.9 Å². The maximum Gasteiger partial charge on any atom is 0.308 e. The van der Waals surface area contributed by atoms with Gasteiger partial charge in [0.25, 0.3) is 0 Å². The van der Waals surface area contributed by atoms with Gasteiger partial charge in [0.1, 0.15) is 0 Å². The van der Waals surface area contributed by atoms with E-state index < -0.39 is 23.2 Å². The second-order valence-electron chi connectivity index (χ2n) is 6.48. The van der Waals surface area contributed by atoms with Gasteiger partial charge in [0.05, 0.1) is 18.1 Å². The van der Waals surface area contributed by atoms with Gasteiger partial charge in [0.15, 0.2) is 11.6 Å². The van der Waals surface area contributed by atoms with E-state index in [9.17, 15) is 19.1 Å². The highest BCUT2D eigenvalue weighted by Gasteiger charge is 2.41. The Morgan fingerprint density at radius 3 is 2.83 bits per heavy atom. The van der Waals surface area contributed by atoms with Crippen LogP contribution >= 0.6 is 0 Å². The number of benzene rings is 1. The minimum atomic E-state index is -0.861. The maximum absolute atomic E-state index is 13.4. The van der Waals surface area contributed by atoms with Crippen LogP contribution in [0.25, 0.3) is 0 Å². The first kappa shape index (κ1) is 18.2. The molecule has 1 amide bonds. The zero-order valence-corrected chi connectivity index (χ0v) is 13.9. The van der Waals surface area contributed by atoms with E-state index in [1.54, 1.807) is 19.1 Å². The second-order valence-corrected chi connectivity index (χ2v) is 6.48. The summed E-state index contributed by atoms with van der Waals surface area (Å²) in [6.07, 6.45) is 3.70. The van der Waals surface area contributed by atoms with Gasteiger partial charge in [-0.15, -0.1) is 0 Å². The summed E-state index contributed by atoms with van der Waals surface area (Å²) in [5.74, 6) is -1.86. The third-order valence-corrected chi connectivity index (χ3v) is 4.57. The van der Waals surface area contributed by atoms with Crippen LogP contribution in [0, 0.1) is 11.7 Å². The maximum atomic E-state index is 13.4. The van der Waals surface area contributed by atoms with E-state index in [0.29, 0.717) is 19.3 Å². The number of ether oxygens (including phenoxy) is 1. The minimum absolute atomic E-state index is 0.170. The second kappa shape index (κ2) is 8.13. The number of para-hydroxylation sites is 1. The van der Waals surface area contributed by atoms with Crippen LogP contribution in [0.1, 0.15) is 45.4 Å². The highest BCUT2D eigenvalue weighted by molar-refractivity contribution is 5.79. The molecule has 0 radical (unpaired) electrons. The Kier molecular flexibility index (Phi) is 6.17. The monoisotopic (exact) mass is 337 g/mol. The van der Waals surface area contributed by atoms with Crippen LogP contribution in [0.4, 0.5) is 4.39 Å². The molecule has 6 heteroatoms. The van der Waals surface area contributed by atoms with Gasteiger partial charge in [-0.3, -0.25) is 9.59 Å². The van der Waals surface area contributed by atoms with Crippen molar-refractivity contribution in [3.05, 3.63) is 30.1 Å². The van der Waals surface area contributed by atoms with Gasteiger partial charge in [-0.1, -0.05) is 25.0 Å². The Morgan fingerprint density at radius 2 is 2.12 bits per heavy atom. The Labute approximate surface area is 141 Å². The zero-order chi connectivity index (χ0) is 17.6. The Bertz CT molecular complexity index is 592. The largest absolute Gasteiger partial charge is 0.491 e. The number of carboxylic acid groups (broad SMARTS) is 1. The smallest absolute Gasteiger partial charge is 0.308 e. The molecule has 0 spiro atoms. The van der Waals surface area contributed by atoms with Crippen LogP contribution in [-0.2, 0) is 9.59 Å². The summed E-state index contributed by atoms with van der Waals surface area (Å²) in [5, 5.41) is 12.2. The fourth-order valence-electron chi connectivity index (χ4n) is 3.24. The molecule has 0 saturated heterocycles. The summed E-state index contributed by atoms with van der Waals surface area (Å²) in [6.45, 7) is 2.03. The molecule has 2 unspecified atom stereocenters. The molecule has 1 fully saturated rings. The number of nitrogens with one attached hydrogen (secondary N) is 1. The summed E-state index contributed by atoms with van der Waals surface area (Å²) in [6, 6.07) is 6.12. The molecule has 5 nitrogen and oxygen atoms in total. The number of carboxylic acids is 1. The van der Waals surface area contributed by atoms with E-state index >= 15 is 0 Å². The van der Waals surface area contributed by atoms with Crippen molar-refractivity contribution < 1.29 is 23.8 Å². The molecule has 1 aromatic rings. The predicted octanol–water partition coefficient (Wildman–Crippen LogP) is 3.13. The summed E-state index contributed by atoms with van der Waals surface area (Å²) >= 11 is 0. The van der Waals surface area contributed by atoms with E-state index in [2.05, 4.69) is 5.32 Å². The molecule has 1 saturated carbocycles. The van der Waals surface area contributed by atoms with Crippen molar-refractivity contribution in [2.75, 3.05) is 6.61 Å². The number of hydrogen-bond acceptors (Lipinski definition) is 3. The minimum Gasteiger partial charge on any atom is -0.491 e. The standard InChI is InChI=1S/C18H24FNO4/c1-18(11-5-4-7-13(18)17(22)23)20-16(21)10-6-12-24-15-9-3-2-8-14(15)19/h2-3,8-9,13H,4-7,10-12H2,1H3,(H,20,21)(H,22,23). The summed E-state index contributed by atoms with van der Waals surface area (Å²) in [4.78, 5) is 23.5. The number of carbonyl (C=O) groups excluding carboxylic acids is 1. The average Bonchev–Trinajstić information content (AvgIpc) is 2.52. The van der Waals surface area contributed by atoms with Crippen molar-refractivity contribution in [3.63, 3.8) is 0 Å². The van der Waals surface area contributed by atoms with Crippen LogP contribution < -0.4 is 10.1 Å². The van der Waals surface area contributed by atoms with Crippen LogP contribution in [0.2, 0.25) is 0 Å². The van der Waals surface area contributed by atoms with E-state index in [0.717, 1.165) is 12.8 Å². The predicted molar refractivity (Wildman–Crippen MR) is 87.3 cm³/mol. The number of rotatable bonds is 7. The highest BCUT2D eigenvalue weighted by atomic mass is 19.1. The van der Waals surface area contributed by atoms with E-state index in [1.807, 2.05) is 0 Å². The molecule has 1 aliphatic carbocycles. The first-order valence-electron chi connectivity index (χ1n) is 8.33. The fraction of sp³-hybridized carbons (Fsp3) is 0.556. The zero-order valence-electron chi connectivity index (χ0n) is 13.9. The van der Waals surface area contributed by atoms with Crippen LogP contribution in [0.5, 0.6) is 5.75 Å².